The highest BCUT2D eigenvalue weighted by molar-refractivity contribution is 5.54. The summed E-state index contributed by atoms with van der Waals surface area (Å²) < 4.78 is 36.7. The van der Waals surface area contributed by atoms with Gasteiger partial charge >= 0.3 is 6.18 Å². The van der Waals surface area contributed by atoms with Gasteiger partial charge in [-0.3, -0.25) is 0 Å². The molecule has 0 saturated carbocycles. The summed E-state index contributed by atoms with van der Waals surface area (Å²) in [7, 11) is 0. The van der Waals surface area contributed by atoms with Crippen LogP contribution in [0.3, 0.4) is 0 Å². The lowest BCUT2D eigenvalue weighted by Gasteiger charge is -2.01. The van der Waals surface area contributed by atoms with Gasteiger partial charge in [0.05, 0.1) is 0 Å². The van der Waals surface area contributed by atoms with Crippen molar-refractivity contribution in [3.63, 3.8) is 0 Å². The van der Waals surface area contributed by atoms with Gasteiger partial charge in [0.25, 0.3) is 6.16 Å². The van der Waals surface area contributed by atoms with Crippen LogP contribution in [0, 0.1) is 0 Å². The fourth-order valence-electron chi connectivity index (χ4n) is 0.167. The third-order valence-corrected chi connectivity index (χ3v) is 0.421. The maximum Gasteiger partial charge on any atom is 0.411 e. The molecule has 0 radical (unpaired) electrons. The first-order valence-corrected chi connectivity index (χ1v) is 2.04. The number of allylic oxidation sites excluding steroid dienone is 1. The van der Waals surface area contributed by atoms with E-state index in [9.17, 15) is 23.1 Å². The number of carboxylic acid groups (broad SMARTS) is 1. The average Bonchev–Trinajstić information content (AvgIpc) is 1.59. The summed E-state index contributed by atoms with van der Waals surface area (Å²) in [5, 5.41) is 9.33. The van der Waals surface area contributed by atoms with Crippen LogP contribution in [0.4, 0.5) is 18.0 Å². The van der Waals surface area contributed by atoms with Crippen LogP contribution in [0.25, 0.3) is 0 Å². The quantitative estimate of drug-likeness (QED) is 0.407. The minimum Gasteiger partial charge on any atom is -0.522 e. The average molecular weight is 155 g/mol. The molecule has 0 saturated heterocycles. The Kier molecular flexibility index (Phi) is 2.72. The molecule has 0 aromatic carbocycles. The van der Waals surface area contributed by atoms with Crippen molar-refractivity contribution in [2.45, 2.75) is 6.18 Å². The van der Waals surface area contributed by atoms with E-state index in [1.807, 2.05) is 0 Å². The van der Waals surface area contributed by atoms with Gasteiger partial charge in [-0.15, -0.1) is 0 Å². The number of carbonyl (C=O) groups excluding carboxylic acids is 1. The fraction of sp³-hybridized carbons (Fsp3) is 0.250. The summed E-state index contributed by atoms with van der Waals surface area (Å²) in [5.74, 6) is 0. The molecule has 0 bridgehead atoms. The van der Waals surface area contributed by atoms with Crippen molar-refractivity contribution in [2.75, 3.05) is 0 Å². The molecule has 0 aliphatic rings. The van der Waals surface area contributed by atoms with E-state index in [0.29, 0.717) is 0 Å². The first-order valence-electron chi connectivity index (χ1n) is 2.04. The van der Waals surface area contributed by atoms with Crippen molar-refractivity contribution < 1.29 is 27.8 Å². The first-order chi connectivity index (χ1) is 4.42. The monoisotopic (exact) mass is 155 g/mol. The van der Waals surface area contributed by atoms with E-state index in [1.54, 1.807) is 0 Å². The minimum atomic E-state index is -4.56. The SMILES string of the molecule is O=C([O-])OC=CC(F)(F)F. The van der Waals surface area contributed by atoms with Crippen molar-refractivity contribution in [3.05, 3.63) is 12.3 Å². The number of hydrogen-bond donors (Lipinski definition) is 0. The summed E-state index contributed by atoms with van der Waals surface area (Å²) in [6.45, 7) is 0. The molecule has 10 heavy (non-hydrogen) atoms. The zero-order valence-electron chi connectivity index (χ0n) is 4.51. The summed E-state index contributed by atoms with van der Waals surface area (Å²) in [5.41, 5.74) is 0. The topological polar surface area (TPSA) is 49.4 Å². The van der Waals surface area contributed by atoms with E-state index < -0.39 is 12.3 Å². The largest absolute Gasteiger partial charge is 0.522 e. The van der Waals surface area contributed by atoms with Crippen LogP contribution < -0.4 is 5.11 Å². The third kappa shape index (κ3) is 6.80. The number of carbonyl (C=O) groups is 1. The molecule has 0 heterocycles. The van der Waals surface area contributed by atoms with Crippen LogP contribution in [-0.2, 0) is 4.74 Å². The van der Waals surface area contributed by atoms with Gasteiger partial charge in [-0.05, 0) is 0 Å². The van der Waals surface area contributed by atoms with Crippen molar-refractivity contribution >= 4 is 6.16 Å². The minimum absolute atomic E-state index is 0.00463. The smallest absolute Gasteiger partial charge is 0.411 e. The van der Waals surface area contributed by atoms with Gasteiger partial charge < -0.3 is 14.6 Å². The van der Waals surface area contributed by atoms with E-state index in [1.165, 1.54) is 0 Å². The van der Waals surface area contributed by atoms with E-state index in [0.717, 1.165) is 0 Å². The summed E-state index contributed by atoms with van der Waals surface area (Å²) in [6, 6.07) is 0. The fourth-order valence-corrected chi connectivity index (χ4v) is 0.167. The van der Waals surface area contributed by atoms with Crippen LogP contribution >= 0.6 is 0 Å². The van der Waals surface area contributed by atoms with Gasteiger partial charge in [-0.25, -0.2) is 0 Å². The van der Waals surface area contributed by atoms with Gasteiger partial charge in [0.15, 0.2) is 0 Å². The zero-order chi connectivity index (χ0) is 8.20. The normalized spacial score (nSPS) is 11.9. The maximum atomic E-state index is 11.1. The Morgan fingerprint density at radius 3 is 2.30 bits per heavy atom. The predicted octanol–water partition coefficient (Wildman–Crippen LogP) is 0.422. The second-order valence-corrected chi connectivity index (χ2v) is 1.21. The Morgan fingerprint density at radius 1 is 1.50 bits per heavy atom. The second kappa shape index (κ2) is 3.09. The molecule has 0 aromatic heterocycles. The summed E-state index contributed by atoms with van der Waals surface area (Å²) >= 11 is 0. The highest BCUT2D eigenvalue weighted by Gasteiger charge is 2.21. The molecule has 0 aliphatic carbocycles. The third-order valence-electron chi connectivity index (χ3n) is 0.421. The van der Waals surface area contributed by atoms with Crippen LogP contribution in [0.5, 0.6) is 0 Å². The molecule has 6 heteroatoms. The molecule has 58 valence electrons. The molecule has 0 unspecified atom stereocenters. The van der Waals surface area contributed by atoms with Crippen molar-refractivity contribution in [1.29, 1.82) is 0 Å². The molecular formula is C4H2F3O3-. The number of halogens is 3. The van der Waals surface area contributed by atoms with Crippen LogP contribution in [0.1, 0.15) is 0 Å². The van der Waals surface area contributed by atoms with Crippen molar-refractivity contribution in [3.8, 4) is 0 Å². The van der Waals surface area contributed by atoms with Gasteiger partial charge in [0.1, 0.15) is 0 Å². The Balaban J connectivity index is 3.67. The highest BCUT2D eigenvalue weighted by Crippen LogP contribution is 2.15. The van der Waals surface area contributed by atoms with Gasteiger partial charge in [0.2, 0.25) is 0 Å². The lowest BCUT2D eigenvalue weighted by molar-refractivity contribution is -0.276. The summed E-state index contributed by atoms with van der Waals surface area (Å²) in [6.07, 6.45) is -6.95. The summed E-state index contributed by atoms with van der Waals surface area (Å²) in [4.78, 5) is 9.33. The molecule has 0 N–H and O–H groups in total. The Bertz CT molecular complexity index is 148. The number of rotatable bonds is 1. The molecule has 0 aliphatic heterocycles. The maximum absolute atomic E-state index is 11.1. The van der Waals surface area contributed by atoms with Crippen molar-refractivity contribution in [2.24, 2.45) is 0 Å². The van der Waals surface area contributed by atoms with Crippen LogP contribution in [0.2, 0.25) is 0 Å². The molecule has 3 nitrogen and oxygen atoms in total. The molecule has 0 fully saturated rings. The van der Waals surface area contributed by atoms with Gasteiger partial charge in [-0.2, -0.15) is 13.2 Å². The zero-order valence-corrected chi connectivity index (χ0v) is 4.51. The number of alkyl halides is 3. The van der Waals surface area contributed by atoms with Gasteiger partial charge in [0, 0.05) is 12.3 Å². The number of ether oxygens (including phenoxy) is 1. The van der Waals surface area contributed by atoms with E-state index >= 15 is 0 Å². The highest BCUT2D eigenvalue weighted by atomic mass is 19.4. The number of hydrogen-bond acceptors (Lipinski definition) is 3. The molecule has 0 aromatic rings. The van der Waals surface area contributed by atoms with E-state index in [4.69, 9.17) is 0 Å². The predicted molar refractivity (Wildman–Crippen MR) is 21.7 cm³/mol. The molecule has 0 atom stereocenters. The van der Waals surface area contributed by atoms with E-state index in [2.05, 4.69) is 4.74 Å². The molecule has 0 spiro atoms. The Hall–Kier alpha value is -1.20. The lowest BCUT2D eigenvalue weighted by Crippen LogP contribution is -2.21. The Labute approximate surface area is 53.7 Å². The molecule has 0 rings (SSSR count). The van der Waals surface area contributed by atoms with Gasteiger partial charge in [-0.1, -0.05) is 0 Å². The first kappa shape index (κ1) is 8.80. The molecule has 0 amide bonds. The van der Waals surface area contributed by atoms with E-state index in [-0.39, 0.29) is 12.3 Å². The standard InChI is InChI=1S/C4H3F3O3/c5-4(6,7)1-2-10-3(8)9/h1-2H,(H,8,9)/p-1. The van der Waals surface area contributed by atoms with Crippen molar-refractivity contribution in [1.82, 2.24) is 0 Å². The second-order valence-electron chi connectivity index (χ2n) is 1.21. The lowest BCUT2D eigenvalue weighted by atomic mass is 10.6. The molecular weight excluding hydrogens is 153 g/mol. The van der Waals surface area contributed by atoms with Crippen LogP contribution in [-0.4, -0.2) is 12.3 Å². The van der Waals surface area contributed by atoms with Crippen LogP contribution in [0.15, 0.2) is 12.3 Å². The Morgan fingerprint density at radius 2 is 2.00 bits per heavy atom.